The summed E-state index contributed by atoms with van der Waals surface area (Å²) >= 11 is 5.81. The van der Waals surface area contributed by atoms with Crippen molar-refractivity contribution in [1.82, 2.24) is 0 Å². The second-order valence-corrected chi connectivity index (χ2v) is 2.86. The molecule has 2 nitrogen and oxygen atoms in total. The van der Waals surface area contributed by atoms with Crippen molar-refractivity contribution in [3.05, 3.63) is 34.9 Å². The van der Waals surface area contributed by atoms with Crippen LogP contribution in [0.25, 0.3) is 6.08 Å². The average Bonchev–Trinajstić information content (AvgIpc) is 2.14. The van der Waals surface area contributed by atoms with Gasteiger partial charge in [-0.25, -0.2) is 0 Å². The van der Waals surface area contributed by atoms with Gasteiger partial charge in [0.25, 0.3) is 0 Å². The molecule has 0 heterocycles. The number of allylic oxidation sites excluding steroid dienone is 1. The van der Waals surface area contributed by atoms with E-state index >= 15 is 0 Å². The first-order valence-corrected chi connectivity index (χ1v) is 4.10. The third-order valence-electron chi connectivity index (χ3n) is 1.50. The van der Waals surface area contributed by atoms with Crippen LogP contribution in [0.5, 0.6) is 5.75 Å². The number of ether oxygens (including phenoxy) is 1. The first kappa shape index (κ1) is 9.81. The van der Waals surface area contributed by atoms with E-state index in [0.717, 1.165) is 5.56 Å². The van der Waals surface area contributed by atoms with E-state index in [1.165, 1.54) is 6.08 Å². The Balaban J connectivity index is 3.00. The highest BCUT2D eigenvalue weighted by Crippen LogP contribution is 2.21. The lowest BCUT2D eigenvalue weighted by Crippen LogP contribution is -1.83. The molecule has 0 aliphatic rings. The van der Waals surface area contributed by atoms with Crippen LogP contribution >= 0.6 is 11.6 Å². The number of methoxy groups -OCH3 is 1. The molecule has 0 N–H and O–H groups in total. The fourth-order valence-corrected chi connectivity index (χ4v) is 1.18. The predicted molar refractivity (Wildman–Crippen MR) is 53.1 cm³/mol. The number of carbonyl (C=O) groups is 1. The minimum atomic E-state index is 0.588. The van der Waals surface area contributed by atoms with Gasteiger partial charge in [0.2, 0.25) is 0 Å². The Morgan fingerprint density at radius 1 is 1.38 bits per heavy atom. The molecule has 0 radical (unpaired) electrons. The molecule has 0 saturated heterocycles. The molecule has 68 valence electrons. The molecule has 0 aromatic heterocycles. The zero-order valence-corrected chi connectivity index (χ0v) is 7.91. The topological polar surface area (TPSA) is 26.3 Å². The van der Waals surface area contributed by atoms with Crippen LogP contribution in [0.2, 0.25) is 5.02 Å². The fraction of sp³-hybridized carbons (Fsp3) is 0.100. The maximum atomic E-state index is 10.1. The van der Waals surface area contributed by atoms with E-state index in [-0.39, 0.29) is 0 Å². The van der Waals surface area contributed by atoms with Crippen LogP contribution in [-0.2, 0) is 4.79 Å². The van der Waals surface area contributed by atoms with Crippen LogP contribution in [-0.4, -0.2) is 13.4 Å². The number of hydrogen-bond acceptors (Lipinski definition) is 2. The summed E-state index contributed by atoms with van der Waals surface area (Å²) in [6, 6.07) is 5.26. The van der Waals surface area contributed by atoms with E-state index in [1.54, 1.807) is 31.4 Å². The third kappa shape index (κ3) is 2.92. The van der Waals surface area contributed by atoms with Gasteiger partial charge in [-0.15, -0.1) is 0 Å². The average molecular weight is 197 g/mol. The Hall–Kier alpha value is -1.28. The lowest BCUT2D eigenvalue weighted by atomic mass is 10.2. The van der Waals surface area contributed by atoms with Crippen molar-refractivity contribution >= 4 is 24.0 Å². The van der Waals surface area contributed by atoms with Gasteiger partial charge >= 0.3 is 0 Å². The molecular formula is C10H9ClO2. The van der Waals surface area contributed by atoms with Crippen molar-refractivity contribution in [1.29, 1.82) is 0 Å². The SMILES string of the molecule is COc1cc(Cl)cc(C=CC=O)c1. The minimum Gasteiger partial charge on any atom is -0.497 e. The summed E-state index contributed by atoms with van der Waals surface area (Å²) in [7, 11) is 1.57. The molecule has 0 bridgehead atoms. The monoisotopic (exact) mass is 196 g/mol. The largest absolute Gasteiger partial charge is 0.497 e. The molecule has 0 aliphatic carbocycles. The number of carbonyl (C=O) groups excluding carboxylic acids is 1. The molecule has 0 saturated carbocycles. The summed E-state index contributed by atoms with van der Waals surface area (Å²) in [6.45, 7) is 0. The number of benzene rings is 1. The fourth-order valence-electron chi connectivity index (χ4n) is 0.949. The molecule has 1 rings (SSSR count). The Labute approximate surface area is 81.8 Å². The summed E-state index contributed by atoms with van der Waals surface area (Å²) < 4.78 is 5.01. The van der Waals surface area contributed by atoms with Crippen molar-refractivity contribution in [3.63, 3.8) is 0 Å². The highest BCUT2D eigenvalue weighted by atomic mass is 35.5. The van der Waals surface area contributed by atoms with Gasteiger partial charge in [-0.3, -0.25) is 4.79 Å². The molecule has 0 atom stereocenters. The van der Waals surface area contributed by atoms with E-state index in [2.05, 4.69) is 0 Å². The van der Waals surface area contributed by atoms with Crippen molar-refractivity contribution in [2.75, 3.05) is 7.11 Å². The van der Waals surface area contributed by atoms with E-state index in [4.69, 9.17) is 16.3 Å². The van der Waals surface area contributed by atoms with Gasteiger partial charge in [-0.05, 0) is 29.8 Å². The summed E-state index contributed by atoms with van der Waals surface area (Å²) in [5, 5.41) is 0.588. The third-order valence-corrected chi connectivity index (χ3v) is 1.71. The standard InChI is InChI=1S/C10H9ClO2/c1-13-10-6-8(3-2-4-12)5-9(11)7-10/h2-7H,1H3. The number of hydrogen-bond donors (Lipinski definition) is 0. The number of rotatable bonds is 3. The Morgan fingerprint density at radius 2 is 2.15 bits per heavy atom. The summed E-state index contributed by atoms with van der Waals surface area (Å²) in [5.41, 5.74) is 0.844. The predicted octanol–water partition coefficient (Wildman–Crippen LogP) is 2.56. The molecular weight excluding hydrogens is 188 g/mol. The van der Waals surface area contributed by atoms with Gasteiger partial charge in [0, 0.05) is 5.02 Å². The van der Waals surface area contributed by atoms with Crippen LogP contribution in [0.15, 0.2) is 24.3 Å². The van der Waals surface area contributed by atoms with Crippen LogP contribution in [0.4, 0.5) is 0 Å². The zero-order chi connectivity index (χ0) is 9.68. The first-order valence-electron chi connectivity index (χ1n) is 3.72. The van der Waals surface area contributed by atoms with Crippen molar-refractivity contribution < 1.29 is 9.53 Å². The van der Waals surface area contributed by atoms with Crippen LogP contribution < -0.4 is 4.74 Å². The van der Waals surface area contributed by atoms with Gasteiger partial charge in [-0.2, -0.15) is 0 Å². The molecule has 0 spiro atoms. The maximum absolute atomic E-state index is 10.1. The molecule has 13 heavy (non-hydrogen) atoms. The molecule has 1 aromatic rings. The smallest absolute Gasteiger partial charge is 0.142 e. The van der Waals surface area contributed by atoms with E-state index < -0.39 is 0 Å². The normalized spacial score (nSPS) is 10.3. The maximum Gasteiger partial charge on any atom is 0.142 e. The van der Waals surface area contributed by atoms with Crippen LogP contribution in [0, 0.1) is 0 Å². The summed E-state index contributed by atoms with van der Waals surface area (Å²) in [6.07, 6.45) is 3.79. The van der Waals surface area contributed by atoms with Gasteiger partial charge in [0.1, 0.15) is 12.0 Å². The lowest BCUT2D eigenvalue weighted by Gasteiger charge is -2.01. The van der Waals surface area contributed by atoms with Gasteiger partial charge in [-0.1, -0.05) is 17.7 Å². The second kappa shape index (κ2) is 4.67. The van der Waals surface area contributed by atoms with Crippen molar-refractivity contribution in [2.24, 2.45) is 0 Å². The second-order valence-electron chi connectivity index (χ2n) is 2.42. The minimum absolute atomic E-state index is 0.588. The zero-order valence-electron chi connectivity index (χ0n) is 7.16. The Kier molecular flexibility index (Phi) is 3.53. The first-order chi connectivity index (χ1) is 6.26. The summed E-state index contributed by atoms with van der Waals surface area (Å²) in [5.74, 6) is 0.679. The van der Waals surface area contributed by atoms with E-state index in [1.807, 2.05) is 0 Å². The van der Waals surface area contributed by atoms with E-state index in [0.29, 0.717) is 17.1 Å². The lowest BCUT2D eigenvalue weighted by molar-refractivity contribution is -0.104. The van der Waals surface area contributed by atoms with Gasteiger partial charge < -0.3 is 4.74 Å². The molecule has 1 aromatic carbocycles. The Bertz CT molecular complexity index is 332. The molecule has 0 fully saturated rings. The van der Waals surface area contributed by atoms with Crippen LogP contribution in [0.1, 0.15) is 5.56 Å². The molecule has 0 unspecified atom stereocenters. The molecule has 0 amide bonds. The Morgan fingerprint density at radius 3 is 2.77 bits per heavy atom. The van der Waals surface area contributed by atoms with Gasteiger partial charge in [0.05, 0.1) is 7.11 Å². The van der Waals surface area contributed by atoms with Crippen LogP contribution in [0.3, 0.4) is 0 Å². The number of aldehydes is 1. The highest BCUT2D eigenvalue weighted by Gasteiger charge is 1.96. The molecule has 3 heteroatoms. The molecule has 0 aliphatic heterocycles. The van der Waals surface area contributed by atoms with E-state index in [9.17, 15) is 4.79 Å². The van der Waals surface area contributed by atoms with Gasteiger partial charge in [0.15, 0.2) is 0 Å². The highest BCUT2D eigenvalue weighted by molar-refractivity contribution is 6.30. The number of halogens is 1. The van der Waals surface area contributed by atoms with Crippen molar-refractivity contribution in [2.45, 2.75) is 0 Å². The quantitative estimate of drug-likeness (QED) is 0.549. The summed E-state index contributed by atoms with van der Waals surface area (Å²) in [4.78, 5) is 10.1. The van der Waals surface area contributed by atoms with Crippen molar-refractivity contribution in [3.8, 4) is 5.75 Å².